The average molecular weight is 483 g/mol. The second-order valence-corrected chi connectivity index (χ2v) is 9.82. The van der Waals surface area contributed by atoms with Gasteiger partial charge in [-0.15, -0.1) is 0 Å². The molecule has 1 aliphatic rings. The third-order valence-electron chi connectivity index (χ3n) is 4.56. The van der Waals surface area contributed by atoms with Crippen molar-refractivity contribution in [3.63, 3.8) is 0 Å². The summed E-state index contributed by atoms with van der Waals surface area (Å²) in [5.41, 5.74) is 0.131. The Hall–Kier alpha value is -2.35. The standard InChI is InChI=1S/C20H20Cl2N4O4S/c1-12(27)26-20(17-11-24-4-5-25-17)31(28,29)19-6-13(10-23)2-3-18(19)30-16-8-14(21)7-15(22)9-16/h2-3,6-9,17,20,24-25H,4-5,11H2,1H3,(H,26,27). The van der Waals surface area contributed by atoms with E-state index in [1.165, 1.54) is 43.3 Å². The molecule has 0 spiro atoms. The van der Waals surface area contributed by atoms with Crippen LogP contribution in [0.2, 0.25) is 10.0 Å². The van der Waals surface area contributed by atoms with Crippen molar-refractivity contribution >= 4 is 38.9 Å². The maximum Gasteiger partial charge on any atom is 0.217 e. The van der Waals surface area contributed by atoms with Crippen LogP contribution in [-0.2, 0) is 14.6 Å². The van der Waals surface area contributed by atoms with E-state index >= 15 is 0 Å². The summed E-state index contributed by atoms with van der Waals surface area (Å²) in [6.45, 7) is 2.80. The summed E-state index contributed by atoms with van der Waals surface area (Å²) in [6, 6.07) is 9.89. The van der Waals surface area contributed by atoms with Crippen molar-refractivity contribution in [1.82, 2.24) is 16.0 Å². The zero-order valence-corrected chi connectivity index (χ0v) is 18.8. The van der Waals surface area contributed by atoms with Gasteiger partial charge < -0.3 is 20.7 Å². The first-order valence-corrected chi connectivity index (χ1v) is 11.6. The molecule has 2 aromatic carbocycles. The Bertz CT molecular complexity index is 1110. The molecule has 0 radical (unpaired) electrons. The second-order valence-electron chi connectivity index (χ2n) is 6.91. The minimum Gasteiger partial charge on any atom is -0.456 e. The number of carbonyl (C=O) groups excluding carboxylic acids is 1. The van der Waals surface area contributed by atoms with Gasteiger partial charge in [-0.2, -0.15) is 5.26 Å². The summed E-state index contributed by atoms with van der Waals surface area (Å²) in [5.74, 6) is -0.287. The smallest absolute Gasteiger partial charge is 0.217 e. The average Bonchev–Trinajstić information content (AvgIpc) is 2.72. The fourth-order valence-electron chi connectivity index (χ4n) is 3.22. The number of nitrogens with zero attached hydrogens (tertiary/aromatic N) is 1. The van der Waals surface area contributed by atoms with Crippen molar-refractivity contribution in [2.24, 2.45) is 0 Å². The van der Waals surface area contributed by atoms with Crippen molar-refractivity contribution in [3.8, 4) is 17.6 Å². The number of hydrogen-bond acceptors (Lipinski definition) is 7. The maximum atomic E-state index is 13.7. The molecule has 3 N–H and O–H groups in total. The van der Waals surface area contributed by atoms with Crippen LogP contribution in [0, 0.1) is 11.3 Å². The number of halogens is 2. The van der Waals surface area contributed by atoms with Gasteiger partial charge in [-0.1, -0.05) is 23.2 Å². The lowest BCUT2D eigenvalue weighted by Gasteiger charge is -2.32. The normalized spacial score (nSPS) is 17.4. The Morgan fingerprint density at radius 1 is 1.23 bits per heavy atom. The molecule has 0 bridgehead atoms. The summed E-state index contributed by atoms with van der Waals surface area (Å²) in [6.07, 6.45) is 0. The molecule has 1 heterocycles. The molecule has 164 valence electrons. The molecule has 1 aliphatic heterocycles. The van der Waals surface area contributed by atoms with E-state index in [0.29, 0.717) is 29.7 Å². The van der Waals surface area contributed by atoms with E-state index in [1.807, 2.05) is 6.07 Å². The lowest BCUT2D eigenvalue weighted by molar-refractivity contribution is -0.119. The number of benzene rings is 2. The molecule has 11 heteroatoms. The van der Waals surface area contributed by atoms with E-state index in [9.17, 15) is 18.5 Å². The van der Waals surface area contributed by atoms with Gasteiger partial charge in [0, 0.05) is 36.6 Å². The first-order chi connectivity index (χ1) is 14.7. The van der Waals surface area contributed by atoms with Crippen LogP contribution in [0.5, 0.6) is 11.5 Å². The largest absolute Gasteiger partial charge is 0.456 e. The number of rotatable bonds is 6. The third kappa shape index (κ3) is 5.67. The maximum absolute atomic E-state index is 13.7. The Balaban J connectivity index is 2.08. The van der Waals surface area contributed by atoms with Gasteiger partial charge in [-0.25, -0.2) is 8.42 Å². The molecule has 3 rings (SSSR count). The first-order valence-electron chi connectivity index (χ1n) is 9.34. The lowest BCUT2D eigenvalue weighted by Crippen LogP contribution is -2.61. The van der Waals surface area contributed by atoms with Gasteiger partial charge in [0.25, 0.3) is 0 Å². The molecule has 1 fully saturated rings. The zero-order valence-electron chi connectivity index (χ0n) is 16.5. The van der Waals surface area contributed by atoms with Crippen molar-refractivity contribution in [3.05, 3.63) is 52.0 Å². The van der Waals surface area contributed by atoms with E-state index in [2.05, 4.69) is 16.0 Å². The molecule has 2 atom stereocenters. The number of sulfone groups is 1. The highest BCUT2D eigenvalue weighted by Gasteiger charge is 2.38. The van der Waals surface area contributed by atoms with Crippen LogP contribution >= 0.6 is 23.2 Å². The molecule has 0 saturated carbocycles. The number of carbonyl (C=O) groups is 1. The van der Waals surface area contributed by atoms with Crippen LogP contribution in [0.1, 0.15) is 12.5 Å². The van der Waals surface area contributed by atoms with Gasteiger partial charge in [-0.3, -0.25) is 4.79 Å². The fourth-order valence-corrected chi connectivity index (χ4v) is 5.63. The summed E-state index contributed by atoms with van der Waals surface area (Å²) in [7, 11) is -4.18. The number of piperazine rings is 1. The van der Waals surface area contributed by atoms with Crippen LogP contribution in [0.15, 0.2) is 41.3 Å². The van der Waals surface area contributed by atoms with Crippen molar-refractivity contribution in [1.29, 1.82) is 5.26 Å². The van der Waals surface area contributed by atoms with Gasteiger partial charge in [-0.05, 0) is 36.4 Å². The van der Waals surface area contributed by atoms with E-state index in [4.69, 9.17) is 27.9 Å². The number of hydrogen-bond donors (Lipinski definition) is 3. The Morgan fingerprint density at radius 2 is 1.94 bits per heavy atom. The van der Waals surface area contributed by atoms with Gasteiger partial charge in [0.1, 0.15) is 16.4 Å². The highest BCUT2D eigenvalue weighted by molar-refractivity contribution is 7.92. The Morgan fingerprint density at radius 3 is 2.52 bits per heavy atom. The summed E-state index contributed by atoms with van der Waals surface area (Å²) in [5, 5.41) is 17.4. The SMILES string of the molecule is CC(=O)NC(C1CNCCN1)S(=O)(=O)c1cc(C#N)ccc1Oc1cc(Cl)cc(Cl)c1. The molecule has 0 aromatic heterocycles. The highest BCUT2D eigenvalue weighted by atomic mass is 35.5. The molecular formula is C20H20Cl2N4O4S. The molecular weight excluding hydrogens is 463 g/mol. The van der Waals surface area contributed by atoms with E-state index in [-0.39, 0.29) is 22.0 Å². The highest BCUT2D eigenvalue weighted by Crippen LogP contribution is 2.34. The molecule has 1 amide bonds. The second kappa shape index (κ2) is 9.85. The zero-order chi connectivity index (χ0) is 22.6. The van der Waals surface area contributed by atoms with Crippen molar-refractivity contribution in [2.45, 2.75) is 23.2 Å². The van der Waals surface area contributed by atoms with Crippen molar-refractivity contribution in [2.75, 3.05) is 19.6 Å². The van der Waals surface area contributed by atoms with Crippen molar-refractivity contribution < 1.29 is 17.9 Å². The molecule has 8 nitrogen and oxygen atoms in total. The number of nitriles is 1. The van der Waals surface area contributed by atoms with Gasteiger partial charge in [0.05, 0.1) is 17.7 Å². The van der Waals surface area contributed by atoms with E-state index in [1.54, 1.807) is 0 Å². The number of ether oxygens (including phenoxy) is 1. The molecule has 0 aliphatic carbocycles. The quantitative estimate of drug-likeness (QED) is 0.577. The van der Waals surface area contributed by atoms with Gasteiger partial charge >= 0.3 is 0 Å². The summed E-state index contributed by atoms with van der Waals surface area (Å²) in [4.78, 5) is 11.6. The van der Waals surface area contributed by atoms with Crippen LogP contribution < -0.4 is 20.7 Å². The topological polar surface area (TPSA) is 120 Å². The van der Waals surface area contributed by atoms with Gasteiger partial charge in [0.2, 0.25) is 15.7 Å². The molecule has 1 saturated heterocycles. The van der Waals surface area contributed by atoms with Crippen LogP contribution in [-0.4, -0.2) is 45.4 Å². The number of nitrogens with one attached hydrogen (secondary N) is 3. The minimum absolute atomic E-state index is 0.0172. The van der Waals surface area contributed by atoms with Crippen LogP contribution in [0.3, 0.4) is 0 Å². The molecule has 2 aromatic rings. The lowest BCUT2D eigenvalue weighted by atomic mass is 10.2. The predicted octanol–water partition coefficient (Wildman–Crippen LogP) is 2.45. The fraction of sp³-hybridized carbons (Fsp3) is 0.300. The van der Waals surface area contributed by atoms with Crippen LogP contribution in [0.4, 0.5) is 0 Å². The Labute approximate surface area is 190 Å². The summed E-state index contributed by atoms with van der Waals surface area (Å²) < 4.78 is 33.1. The Kier molecular flexibility index (Phi) is 7.41. The third-order valence-corrected chi connectivity index (χ3v) is 7.04. The first kappa shape index (κ1) is 23.3. The van der Waals surface area contributed by atoms with E-state index < -0.39 is 27.2 Å². The molecule has 31 heavy (non-hydrogen) atoms. The predicted molar refractivity (Wildman–Crippen MR) is 117 cm³/mol. The van der Waals surface area contributed by atoms with E-state index in [0.717, 1.165) is 0 Å². The minimum atomic E-state index is -4.18. The molecule has 2 unspecified atom stereocenters. The van der Waals surface area contributed by atoms with Gasteiger partial charge in [0.15, 0.2) is 5.37 Å². The monoisotopic (exact) mass is 482 g/mol. The number of amides is 1. The van der Waals surface area contributed by atoms with Crippen LogP contribution in [0.25, 0.3) is 0 Å². The summed E-state index contributed by atoms with van der Waals surface area (Å²) >= 11 is 12.0.